The average Bonchev–Trinajstić information content (AvgIpc) is 2.88. The highest BCUT2D eigenvalue weighted by Gasteiger charge is 2.10. The van der Waals surface area contributed by atoms with E-state index in [4.69, 9.17) is 4.74 Å². The van der Waals surface area contributed by atoms with E-state index in [1.54, 1.807) is 18.4 Å². The third kappa shape index (κ3) is 2.53. The lowest BCUT2D eigenvalue weighted by atomic mass is 10.3. The minimum atomic E-state index is 0.306. The Morgan fingerprint density at radius 1 is 1.15 bits per heavy atom. The van der Waals surface area contributed by atoms with Gasteiger partial charge >= 0.3 is 6.01 Å². The molecule has 0 unspecified atom stereocenters. The predicted octanol–water partition coefficient (Wildman–Crippen LogP) is 2.12. The van der Waals surface area contributed by atoms with Gasteiger partial charge in [-0.05, 0) is 12.1 Å². The molecule has 0 aliphatic heterocycles. The predicted molar refractivity (Wildman–Crippen MR) is 78.4 cm³/mol. The van der Waals surface area contributed by atoms with Crippen LogP contribution in [0.4, 0.5) is 5.95 Å². The standard InChI is InChI=1S/C13H13N5OS/c1-14-12-16-10(17-13(18-12)19-2)7-11-15-8-5-3-4-6-9(8)20-11/h3-6H,7H2,1-2H3,(H,14,16,17,18). The number of anilines is 1. The third-order valence-electron chi connectivity index (χ3n) is 2.71. The van der Waals surface area contributed by atoms with Crippen LogP contribution in [0.5, 0.6) is 6.01 Å². The maximum Gasteiger partial charge on any atom is 0.321 e. The van der Waals surface area contributed by atoms with Gasteiger partial charge < -0.3 is 10.1 Å². The first-order chi connectivity index (χ1) is 9.78. The van der Waals surface area contributed by atoms with Crippen LogP contribution in [0.25, 0.3) is 10.2 Å². The average molecular weight is 287 g/mol. The van der Waals surface area contributed by atoms with Gasteiger partial charge in [-0.25, -0.2) is 4.98 Å². The van der Waals surface area contributed by atoms with Crippen molar-refractivity contribution < 1.29 is 4.74 Å². The number of aromatic nitrogens is 4. The summed E-state index contributed by atoms with van der Waals surface area (Å²) in [4.78, 5) is 17.2. The van der Waals surface area contributed by atoms with Gasteiger partial charge in [-0.1, -0.05) is 12.1 Å². The summed E-state index contributed by atoms with van der Waals surface area (Å²) >= 11 is 1.65. The number of hydrogen-bond acceptors (Lipinski definition) is 7. The molecule has 0 aliphatic carbocycles. The van der Waals surface area contributed by atoms with Crippen LogP contribution in [0.3, 0.4) is 0 Å². The number of benzene rings is 1. The SMILES string of the molecule is CNc1nc(Cc2nc3ccccc3s2)nc(OC)n1. The molecule has 0 amide bonds. The van der Waals surface area contributed by atoms with Crippen molar-refractivity contribution in [2.75, 3.05) is 19.5 Å². The molecule has 3 aromatic rings. The van der Waals surface area contributed by atoms with Crippen molar-refractivity contribution in [1.82, 2.24) is 19.9 Å². The highest BCUT2D eigenvalue weighted by Crippen LogP contribution is 2.23. The van der Waals surface area contributed by atoms with Crippen molar-refractivity contribution in [3.8, 4) is 6.01 Å². The Labute approximate surface area is 119 Å². The lowest BCUT2D eigenvalue weighted by Crippen LogP contribution is -2.06. The molecular weight excluding hydrogens is 274 g/mol. The van der Waals surface area contributed by atoms with Crippen molar-refractivity contribution in [2.45, 2.75) is 6.42 Å². The Hall–Kier alpha value is -2.28. The van der Waals surface area contributed by atoms with Gasteiger partial charge in [-0.2, -0.15) is 15.0 Å². The molecule has 0 spiro atoms. The van der Waals surface area contributed by atoms with Crippen LogP contribution >= 0.6 is 11.3 Å². The summed E-state index contributed by atoms with van der Waals surface area (Å²) in [6.07, 6.45) is 0.562. The Kier molecular flexibility index (Phi) is 3.42. The Balaban J connectivity index is 1.93. The van der Waals surface area contributed by atoms with Crippen molar-refractivity contribution in [3.05, 3.63) is 35.1 Å². The van der Waals surface area contributed by atoms with Crippen LogP contribution in [0.1, 0.15) is 10.8 Å². The molecule has 1 aromatic carbocycles. The summed E-state index contributed by atoms with van der Waals surface area (Å²) in [5, 5.41) is 3.87. The highest BCUT2D eigenvalue weighted by molar-refractivity contribution is 7.18. The molecule has 0 radical (unpaired) electrons. The summed E-state index contributed by atoms with van der Waals surface area (Å²) in [7, 11) is 3.30. The number of para-hydroxylation sites is 1. The number of fused-ring (bicyclic) bond motifs is 1. The zero-order valence-corrected chi connectivity index (χ0v) is 11.9. The maximum absolute atomic E-state index is 5.07. The Morgan fingerprint density at radius 2 is 2.00 bits per heavy atom. The summed E-state index contributed by atoms with van der Waals surface area (Å²) < 4.78 is 6.24. The van der Waals surface area contributed by atoms with E-state index in [2.05, 4.69) is 31.3 Å². The van der Waals surface area contributed by atoms with Gasteiger partial charge in [0.2, 0.25) is 5.95 Å². The Bertz CT molecular complexity index is 687. The molecule has 7 heteroatoms. The number of ether oxygens (including phenoxy) is 1. The summed E-state index contributed by atoms with van der Waals surface area (Å²) in [5.41, 5.74) is 1.00. The molecular formula is C13H13N5OS. The summed E-state index contributed by atoms with van der Waals surface area (Å²) in [6, 6.07) is 8.36. The largest absolute Gasteiger partial charge is 0.467 e. The first-order valence-electron chi connectivity index (χ1n) is 6.09. The first kappa shape index (κ1) is 12.7. The minimum absolute atomic E-state index is 0.306. The van der Waals surface area contributed by atoms with Crippen molar-refractivity contribution in [2.24, 2.45) is 0 Å². The van der Waals surface area contributed by atoms with Gasteiger partial charge in [-0.15, -0.1) is 11.3 Å². The van der Waals surface area contributed by atoms with Crippen LogP contribution in [0, 0.1) is 0 Å². The van der Waals surface area contributed by atoms with Crippen LogP contribution < -0.4 is 10.1 Å². The van der Waals surface area contributed by atoms with Crippen LogP contribution in [0.2, 0.25) is 0 Å². The molecule has 0 atom stereocenters. The molecule has 0 fully saturated rings. The molecule has 0 bridgehead atoms. The van der Waals surface area contributed by atoms with Gasteiger partial charge in [0.05, 0.1) is 23.7 Å². The zero-order chi connectivity index (χ0) is 13.9. The maximum atomic E-state index is 5.07. The summed E-state index contributed by atoms with van der Waals surface area (Å²) in [6.45, 7) is 0. The van der Waals surface area contributed by atoms with E-state index < -0.39 is 0 Å². The molecule has 2 aromatic heterocycles. The second-order valence-corrected chi connectivity index (χ2v) is 5.18. The zero-order valence-electron chi connectivity index (χ0n) is 11.1. The van der Waals surface area contributed by atoms with Crippen molar-refractivity contribution in [3.63, 3.8) is 0 Å². The fraction of sp³-hybridized carbons (Fsp3) is 0.231. The second-order valence-electron chi connectivity index (χ2n) is 4.06. The number of rotatable bonds is 4. The number of thiazole rings is 1. The van der Waals surface area contributed by atoms with E-state index in [1.807, 2.05) is 18.2 Å². The molecule has 0 saturated carbocycles. The van der Waals surface area contributed by atoms with Crippen molar-refractivity contribution >= 4 is 27.5 Å². The van der Waals surface area contributed by atoms with E-state index in [1.165, 1.54) is 7.11 Å². The van der Waals surface area contributed by atoms with Crippen molar-refractivity contribution in [1.29, 1.82) is 0 Å². The summed E-state index contributed by atoms with van der Waals surface area (Å²) in [5.74, 6) is 1.13. The minimum Gasteiger partial charge on any atom is -0.467 e. The monoisotopic (exact) mass is 287 g/mol. The molecule has 20 heavy (non-hydrogen) atoms. The quantitative estimate of drug-likeness (QED) is 0.792. The van der Waals surface area contributed by atoms with Gasteiger partial charge in [0.15, 0.2) is 0 Å². The molecule has 6 nitrogen and oxygen atoms in total. The van der Waals surface area contributed by atoms with E-state index in [0.717, 1.165) is 15.2 Å². The number of nitrogens with one attached hydrogen (secondary N) is 1. The molecule has 102 valence electrons. The second kappa shape index (κ2) is 5.38. The smallest absolute Gasteiger partial charge is 0.321 e. The Morgan fingerprint density at radius 3 is 2.75 bits per heavy atom. The fourth-order valence-corrected chi connectivity index (χ4v) is 2.78. The van der Waals surface area contributed by atoms with E-state index in [0.29, 0.717) is 24.2 Å². The molecule has 1 N–H and O–H groups in total. The van der Waals surface area contributed by atoms with Gasteiger partial charge in [-0.3, -0.25) is 0 Å². The number of hydrogen-bond donors (Lipinski definition) is 1. The van der Waals surface area contributed by atoms with Gasteiger partial charge in [0.1, 0.15) is 10.8 Å². The molecule has 0 aliphatic rings. The van der Waals surface area contributed by atoms with E-state index in [9.17, 15) is 0 Å². The highest BCUT2D eigenvalue weighted by atomic mass is 32.1. The van der Waals surface area contributed by atoms with Crippen LogP contribution in [0.15, 0.2) is 24.3 Å². The van der Waals surface area contributed by atoms with Gasteiger partial charge in [0, 0.05) is 7.05 Å². The molecule has 2 heterocycles. The molecule has 3 rings (SSSR count). The van der Waals surface area contributed by atoms with Gasteiger partial charge in [0.25, 0.3) is 0 Å². The fourth-order valence-electron chi connectivity index (χ4n) is 1.81. The normalized spacial score (nSPS) is 10.7. The van der Waals surface area contributed by atoms with Crippen LogP contribution in [-0.2, 0) is 6.42 Å². The number of nitrogens with zero attached hydrogens (tertiary/aromatic N) is 4. The lowest BCUT2D eigenvalue weighted by molar-refractivity contribution is 0.377. The first-order valence-corrected chi connectivity index (χ1v) is 6.91. The number of methoxy groups -OCH3 is 1. The van der Waals surface area contributed by atoms with E-state index >= 15 is 0 Å². The topological polar surface area (TPSA) is 72.8 Å². The van der Waals surface area contributed by atoms with E-state index in [-0.39, 0.29) is 0 Å². The molecule has 0 saturated heterocycles. The third-order valence-corrected chi connectivity index (χ3v) is 3.75. The lowest BCUT2D eigenvalue weighted by Gasteiger charge is -2.04. The van der Waals surface area contributed by atoms with Crippen LogP contribution in [-0.4, -0.2) is 34.1 Å².